The summed E-state index contributed by atoms with van der Waals surface area (Å²) in [6.07, 6.45) is 47.6. The van der Waals surface area contributed by atoms with Crippen LogP contribution in [-0.4, -0.2) is 96.9 Å². The maximum absolute atomic E-state index is 10.3. The molecule has 0 saturated heterocycles. The van der Waals surface area contributed by atoms with E-state index in [2.05, 4.69) is 66.9 Å². The summed E-state index contributed by atoms with van der Waals surface area (Å²) in [5, 5.41) is 12.4. The number of nitrogens with two attached hydrogens (primary N) is 1. The SMILES string of the molecule is C=NN=C.CCCCCCCCC(CC)OC.CCCCCCCCC(CCCCCCCC)OC.NCNCNCCCN(CCCCCCCC=O)CCCCCCCC=O. The summed E-state index contributed by atoms with van der Waals surface area (Å²) in [6, 6.07) is 0. The fraction of sp³-hybridized carbons (Fsp3) is 0.925. The zero-order valence-corrected chi connectivity index (χ0v) is 43.3. The highest BCUT2D eigenvalue weighted by Crippen LogP contribution is 2.16. The van der Waals surface area contributed by atoms with Gasteiger partial charge in [0.05, 0.1) is 12.2 Å². The van der Waals surface area contributed by atoms with Gasteiger partial charge in [-0.2, -0.15) is 10.2 Å². The van der Waals surface area contributed by atoms with Crippen molar-refractivity contribution in [3.05, 3.63) is 0 Å². The van der Waals surface area contributed by atoms with Gasteiger partial charge in [0.15, 0.2) is 0 Å². The van der Waals surface area contributed by atoms with Gasteiger partial charge >= 0.3 is 0 Å². The second-order valence-electron chi connectivity index (χ2n) is 17.3. The zero-order valence-electron chi connectivity index (χ0n) is 43.3. The third-order valence-corrected chi connectivity index (χ3v) is 11.7. The molecule has 0 amide bonds. The van der Waals surface area contributed by atoms with Crippen molar-refractivity contribution in [2.24, 2.45) is 15.9 Å². The van der Waals surface area contributed by atoms with Crippen LogP contribution in [0.5, 0.6) is 0 Å². The fourth-order valence-electron chi connectivity index (χ4n) is 7.52. The molecular weight excluding hydrogens is 785 g/mol. The van der Waals surface area contributed by atoms with E-state index in [0.717, 1.165) is 58.0 Å². The summed E-state index contributed by atoms with van der Waals surface area (Å²) in [5.74, 6) is 0. The van der Waals surface area contributed by atoms with Crippen LogP contribution < -0.4 is 16.4 Å². The first kappa shape index (κ1) is 68.0. The van der Waals surface area contributed by atoms with Gasteiger partial charge in [-0.25, -0.2) is 0 Å². The van der Waals surface area contributed by atoms with Gasteiger partial charge in [-0.3, -0.25) is 5.32 Å². The second-order valence-corrected chi connectivity index (χ2v) is 17.3. The number of aldehydes is 2. The molecule has 4 N–H and O–H groups in total. The number of methoxy groups -OCH3 is 2. The molecule has 0 aromatic heterocycles. The Morgan fingerprint density at radius 2 is 0.841 bits per heavy atom. The molecule has 0 radical (unpaired) electrons. The van der Waals surface area contributed by atoms with Crippen molar-refractivity contribution in [2.75, 3.05) is 53.7 Å². The number of nitrogens with one attached hydrogen (secondary N) is 2. The lowest BCUT2D eigenvalue weighted by molar-refractivity contribution is -0.108. The molecule has 0 aliphatic rings. The molecule has 0 spiro atoms. The molecule has 0 aliphatic carbocycles. The van der Waals surface area contributed by atoms with Crippen LogP contribution in [-0.2, 0) is 19.1 Å². The highest BCUT2D eigenvalue weighted by Gasteiger charge is 2.07. The standard InChI is InChI=1S/C21H44N4O2.C18H38O.C12H26O.C2H4N2/c22-20-24-21-23-14-13-17-25(15-9-5-1-3-7-11-18-26)16-10-6-2-4-8-12-19-27;1-4-6-8-10-12-14-16-18(19-3)17-15-13-11-9-7-5-2;1-4-6-7-8-9-10-11-12(5-2)13-3;1-3-4-2/h18-19,23-24H,1-17,20-22H2;18H,4-17H2,1-3H3;12H,4-11H2,1-3H3;1-2H2. The number of carbonyl (C=O) groups is 2. The van der Waals surface area contributed by atoms with Crippen molar-refractivity contribution in [2.45, 2.75) is 265 Å². The van der Waals surface area contributed by atoms with E-state index in [1.54, 1.807) is 0 Å². The van der Waals surface area contributed by atoms with E-state index in [1.807, 2.05) is 14.2 Å². The van der Waals surface area contributed by atoms with E-state index in [0.29, 0.717) is 31.7 Å². The van der Waals surface area contributed by atoms with E-state index in [9.17, 15) is 9.59 Å². The van der Waals surface area contributed by atoms with Gasteiger partial charge in [-0.1, -0.05) is 182 Å². The minimum Gasteiger partial charge on any atom is -0.381 e. The first-order chi connectivity index (χ1) is 31.0. The Balaban J connectivity index is -0.000000420. The highest BCUT2D eigenvalue weighted by atomic mass is 16.5. The molecule has 10 nitrogen and oxygen atoms in total. The predicted octanol–water partition coefficient (Wildman–Crippen LogP) is 13.8. The second kappa shape index (κ2) is 67.0. The third-order valence-electron chi connectivity index (χ3n) is 11.7. The average molecular weight is 898 g/mol. The normalized spacial score (nSPS) is 11.3. The lowest BCUT2D eigenvalue weighted by atomic mass is 10.0. The smallest absolute Gasteiger partial charge is 0.119 e. The number of hydrogen-bond acceptors (Lipinski definition) is 10. The number of nitrogens with zero attached hydrogens (tertiary/aromatic N) is 3. The molecule has 63 heavy (non-hydrogen) atoms. The maximum atomic E-state index is 10.3. The summed E-state index contributed by atoms with van der Waals surface area (Å²) in [6.45, 7) is 20.8. The Kier molecular flexibility index (Phi) is 72.4. The number of unbranched alkanes of at least 4 members (excludes halogenated alkanes) is 25. The van der Waals surface area contributed by atoms with Crippen LogP contribution in [0.2, 0.25) is 0 Å². The summed E-state index contributed by atoms with van der Waals surface area (Å²) < 4.78 is 10.9. The van der Waals surface area contributed by atoms with Crippen LogP contribution in [0.15, 0.2) is 10.2 Å². The number of hydrogen-bond donors (Lipinski definition) is 3. The Labute approximate surface area is 393 Å². The topological polar surface area (TPSA) is 131 Å². The van der Waals surface area contributed by atoms with Crippen molar-refractivity contribution >= 4 is 26.0 Å². The Morgan fingerprint density at radius 1 is 0.492 bits per heavy atom. The molecule has 0 saturated carbocycles. The van der Waals surface area contributed by atoms with Gasteiger partial charge in [-0.05, 0) is 84.0 Å². The quantitative estimate of drug-likeness (QED) is 0.0181. The Morgan fingerprint density at radius 3 is 1.19 bits per heavy atom. The van der Waals surface area contributed by atoms with Crippen molar-refractivity contribution in [3.63, 3.8) is 0 Å². The lowest BCUT2D eigenvalue weighted by Crippen LogP contribution is -2.35. The maximum Gasteiger partial charge on any atom is 0.119 e. The lowest BCUT2D eigenvalue weighted by Gasteiger charge is -2.22. The summed E-state index contributed by atoms with van der Waals surface area (Å²) in [5.41, 5.74) is 5.41. The van der Waals surface area contributed by atoms with Gasteiger partial charge in [0.25, 0.3) is 0 Å². The van der Waals surface area contributed by atoms with E-state index < -0.39 is 0 Å². The van der Waals surface area contributed by atoms with Gasteiger partial charge in [0.1, 0.15) is 12.6 Å². The molecule has 0 bridgehead atoms. The zero-order chi connectivity index (χ0) is 47.4. The van der Waals surface area contributed by atoms with Crippen LogP contribution in [0.25, 0.3) is 0 Å². The predicted molar refractivity (Wildman–Crippen MR) is 279 cm³/mol. The van der Waals surface area contributed by atoms with E-state index >= 15 is 0 Å². The Bertz CT molecular complexity index is 791. The van der Waals surface area contributed by atoms with Crippen molar-refractivity contribution in [3.8, 4) is 0 Å². The van der Waals surface area contributed by atoms with E-state index in [1.165, 1.54) is 199 Å². The van der Waals surface area contributed by atoms with Gasteiger partial charge in [-0.15, -0.1) is 0 Å². The molecular formula is C53H112N6O4. The van der Waals surface area contributed by atoms with Crippen molar-refractivity contribution in [1.82, 2.24) is 15.5 Å². The van der Waals surface area contributed by atoms with Gasteiger partial charge in [0, 0.05) is 53.8 Å². The van der Waals surface area contributed by atoms with Crippen LogP contribution in [0.1, 0.15) is 252 Å². The molecule has 0 heterocycles. The van der Waals surface area contributed by atoms with Crippen LogP contribution in [0, 0.1) is 0 Å². The van der Waals surface area contributed by atoms with E-state index in [4.69, 9.17) is 15.2 Å². The number of carbonyl (C=O) groups excluding carboxylic acids is 2. The van der Waals surface area contributed by atoms with Crippen molar-refractivity contribution < 1.29 is 19.1 Å². The third kappa shape index (κ3) is 67.2. The average Bonchev–Trinajstić information content (AvgIpc) is 3.31. The highest BCUT2D eigenvalue weighted by molar-refractivity contribution is 5.49. The molecule has 10 heteroatoms. The monoisotopic (exact) mass is 897 g/mol. The van der Waals surface area contributed by atoms with Crippen LogP contribution in [0.4, 0.5) is 0 Å². The molecule has 0 aliphatic heterocycles. The molecule has 378 valence electrons. The van der Waals surface area contributed by atoms with Crippen molar-refractivity contribution in [1.29, 1.82) is 0 Å². The van der Waals surface area contributed by atoms with Gasteiger partial charge in [0.2, 0.25) is 0 Å². The van der Waals surface area contributed by atoms with Crippen LogP contribution in [0.3, 0.4) is 0 Å². The molecule has 1 unspecified atom stereocenters. The largest absolute Gasteiger partial charge is 0.381 e. The summed E-state index contributed by atoms with van der Waals surface area (Å²) >= 11 is 0. The minimum atomic E-state index is 0.506. The fourth-order valence-corrected chi connectivity index (χ4v) is 7.52. The number of ether oxygens (including phenoxy) is 2. The first-order valence-corrected chi connectivity index (χ1v) is 26.6. The summed E-state index contributed by atoms with van der Waals surface area (Å²) in [4.78, 5) is 23.3. The molecule has 0 aromatic rings. The minimum absolute atomic E-state index is 0.506. The van der Waals surface area contributed by atoms with E-state index in [-0.39, 0.29) is 0 Å². The Hall–Kier alpha value is -1.56. The molecule has 0 rings (SSSR count). The molecule has 1 atom stereocenters. The van der Waals surface area contributed by atoms with Gasteiger partial charge < -0.3 is 35.0 Å². The first-order valence-electron chi connectivity index (χ1n) is 26.6. The number of rotatable bonds is 48. The summed E-state index contributed by atoms with van der Waals surface area (Å²) in [7, 11) is 3.71. The van der Waals surface area contributed by atoms with Crippen LogP contribution >= 0.6 is 0 Å². The molecule has 0 fully saturated rings. The molecule has 0 aromatic carbocycles.